The standard InChI is InChI=1S/C24H19N/c1-3-11-19-13-7-9-17-23(21(19)15-5-1)25-24-18-10-8-14-20-12-4-2-6-16-22(20)24/h1-18,25H. The first-order chi connectivity index (χ1) is 12.4. The summed E-state index contributed by atoms with van der Waals surface area (Å²) in [6.07, 6.45) is 37.9. The highest BCUT2D eigenvalue weighted by Crippen LogP contribution is 2.27. The van der Waals surface area contributed by atoms with E-state index in [1.165, 1.54) is 22.3 Å². The maximum absolute atomic E-state index is 3.66. The maximum Gasteiger partial charge on any atom is 0.0464 e. The van der Waals surface area contributed by atoms with E-state index in [1.54, 1.807) is 0 Å². The first-order valence-corrected chi connectivity index (χ1v) is 8.48. The average molecular weight is 321 g/mol. The molecule has 0 aromatic carbocycles. The highest BCUT2D eigenvalue weighted by molar-refractivity contribution is 5.61. The summed E-state index contributed by atoms with van der Waals surface area (Å²) in [7, 11) is 0. The van der Waals surface area contributed by atoms with E-state index >= 15 is 0 Å². The van der Waals surface area contributed by atoms with Crippen molar-refractivity contribution < 1.29 is 0 Å². The van der Waals surface area contributed by atoms with Crippen LogP contribution in [0.3, 0.4) is 0 Å². The van der Waals surface area contributed by atoms with Gasteiger partial charge in [0.05, 0.1) is 0 Å². The van der Waals surface area contributed by atoms with Gasteiger partial charge in [-0.2, -0.15) is 0 Å². The van der Waals surface area contributed by atoms with Crippen LogP contribution in [0.1, 0.15) is 0 Å². The van der Waals surface area contributed by atoms with E-state index in [-0.39, 0.29) is 0 Å². The fourth-order valence-electron chi connectivity index (χ4n) is 3.07. The van der Waals surface area contributed by atoms with Crippen LogP contribution >= 0.6 is 0 Å². The average Bonchev–Trinajstić information content (AvgIpc) is 3.11. The largest absolute Gasteiger partial charge is 0.355 e. The van der Waals surface area contributed by atoms with Gasteiger partial charge in [-0.3, -0.25) is 0 Å². The van der Waals surface area contributed by atoms with Gasteiger partial charge in [0.25, 0.3) is 0 Å². The van der Waals surface area contributed by atoms with Crippen molar-refractivity contribution in [3.63, 3.8) is 0 Å². The molecule has 1 N–H and O–H groups in total. The van der Waals surface area contributed by atoms with Crippen molar-refractivity contribution >= 4 is 0 Å². The van der Waals surface area contributed by atoms with Crippen molar-refractivity contribution in [1.82, 2.24) is 5.32 Å². The lowest BCUT2D eigenvalue weighted by atomic mass is 10.0. The summed E-state index contributed by atoms with van der Waals surface area (Å²) in [5, 5.41) is 3.66. The Morgan fingerprint density at radius 2 is 0.840 bits per heavy atom. The Hall–Kier alpha value is -3.32. The highest BCUT2D eigenvalue weighted by Gasteiger charge is 2.13. The third kappa shape index (κ3) is 3.31. The number of rotatable bonds is 2. The Balaban J connectivity index is 1.80. The number of hydrogen-bond acceptors (Lipinski definition) is 1. The number of fused-ring (bicyclic) bond motifs is 2. The van der Waals surface area contributed by atoms with Gasteiger partial charge in [-0.15, -0.1) is 0 Å². The summed E-state index contributed by atoms with van der Waals surface area (Å²) in [6, 6.07) is 0. The van der Waals surface area contributed by atoms with Crippen LogP contribution in [0.15, 0.2) is 143 Å². The third-order valence-electron chi connectivity index (χ3n) is 4.29. The van der Waals surface area contributed by atoms with Gasteiger partial charge in [0.15, 0.2) is 0 Å². The minimum Gasteiger partial charge on any atom is -0.355 e. The van der Waals surface area contributed by atoms with Gasteiger partial charge >= 0.3 is 0 Å². The third-order valence-corrected chi connectivity index (χ3v) is 4.29. The van der Waals surface area contributed by atoms with Gasteiger partial charge in [0, 0.05) is 22.5 Å². The lowest BCUT2D eigenvalue weighted by Crippen LogP contribution is -2.14. The molecule has 0 aromatic heterocycles. The fraction of sp³-hybridized carbons (Fsp3) is 0. The molecular formula is C24H19N. The van der Waals surface area contributed by atoms with Crippen molar-refractivity contribution in [1.29, 1.82) is 0 Å². The van der Waals surface area contributed by atoms with Gasteiger partial charge in [0.2, 0.25) is 0 Å². The molecule has 0 aliphatic heterocycles. The summed E-state index contributed by atoms with van der Waals surface area (Å²) in [5.74, 6) is 0. The molecule has 0 saturated heterocycles. The molecule has 4 aliphatic carbocycles. The van der Waals surface area contributed by atoms with Gasteiger partial charge in [-0.25, -0.2) is 0 Å². The Kier molecular flexibility index (Phi) is 4.30. The van der Waals surface area contributed by atoms with E-state index < -0.39 is 0 Å². The Morgan fingerprint density at radius 1 is 0.400 bits per heavy atom. The van der Waals surface area contributed by atoms with Crippen LogP contribution in [-0.4, -0.2) is 0 Å². The zero-order chi connectivity index (χ0) is 16.9. The van der Waals surface area contributed by atoms with Crippen LogP contribution in [0, 0.1) is 0 Å². The summed E-state index contributed by atoms with van der Waals surface area (Å²) < 4.78 is 0. The molecule has 0 amide bonds. The Bertz CT molecular complexity index is 864. The molecule has 0 fully saturated rings. The Morgan fingerprint density at radius 3 is 1.36 bits per heavy atom. The molecule has 0 aromatic rings. The quantitative estimate of drug-likeness (QED) is 0.714. The SMILES string of the molecule is C1=CC=C2C=CC=CC(NC3=C4C=CC=CC=C4C=CC=C3)=C2C=C1. The van der Waals surface area contributed by atoms with E-state index in [4.69, 9.17) is 0 Å². The normalized spacial score (nSPS) is 20.5. The molecule has 0 atom stereocenters. The van der Waals surface area contributed by atoms with Gasteiger partial charge in [-0.05, 0) is 23.3 Å². The van der Waals surface area contributed by atoms with Crippen LogP contribution in [0.5, 0.6) is 0 Å². The second-order valence-electron chi connectivity index (χ2n) is 5.95. The van der Waals surface area contributed by atoms with E-state index in [0.29, 0.717) is 0 Å². The first kappa shape index (κ1) is 15.2. The molecule has 120 valence electrons. The maximum atomic E-state index is 3.66. The van der Waals surface area contributed by atoms with Crippen molar-refractivity contribution in [2.75, 3.05) is 0 Å². The van der Waals surface area contributed by atoms with Gasteiger partial charge < -0.3 is 5.32 Å². The molecule has 4 rings (SSSR count). The Labute approximate surface area is 148 Å². The van der Waals surface area contributed by atoms with Crippen molar-refractivity contribution in [3.8, 4) is 0 Å². The molecule has 1 nitrogen and oxygen atoms in total. The number of nitrogens with one attached hydrogen (secondary N) is 1. The van der Waals surface area contributed by atoms with Gasteiger partial charge in [0.1, 0.15) is 0 Å². The minimum atomic E-state index is 1.09. The molecule has 0 radical (unpaired) electrons. The second-order valence-corrected chi connectivity index (χ2v) is 5.95. The predicted molar refractivity (Wildman–Crippen MR) is 106 cm³/mol. The highest BCUT2D eigenvalue weighted by atomic mass is 14.9. The predicted octanol–water partition coefficient (Wildman–Crippen LogP) is 5.44. The van der Waals surface area contributed by atoms with Crippen LogP contribution in [0.2, 0.25) is 0 Å². The molecule has 0 saturated carbocycles. The lowest BCUT2D eigenvalue weighted by Gasteiger charge is -2.16. The molecule has 1 heteroatoms. The summed E-state index contributed by atoms with van der Waals surface area (Å²) in [5.41, 5.74) is 6.97. The summed E-state index contributed by atoms with van der Waals surface area (Å²) in [6.45, 7) is 0. The van der Waals surface area contributed by atoms with Crippen LogP contribution in [0.4, 0.5) is 0 Å². The summed E-state index contributed by atoms with van der Waals surface area (Å²) >= 11 is 0. The second kappa shape index (κ2) is 7.06. The molecule has 25 heavy (non-hydrogen) atoms. The smallest absolute Gasteiger partial charge is 0.0464 e. The van der Waals surface area contributed by atoms with Crippen molar-refractivity contribution in [2.24, 2.45) is 0 Å². The molecular weight excluding hydrogens is 302 g/mol. The number of hydrogen-bond donors (Lipinski definition) is 1. The molecule has 4 aliphatic rings. The van der Waals surface area contributed by atoms with E-state index in [0.717, 1.165) is 11.4 Å². The monoisotopic (exact) mass is 321 g/mol. The summed E-state index contributed by atoms with van der Waals surface area (Å²) in [4.78, 5) is 0. The number of allylic oxidation sites excluding steroid dienone is 22. The van der Waals surface area contributed by atoms with E-state index in [9.17, 15) is 0 Å². The topological polar surface area (TPSA) is 12.0 Å². The van der Waals surface area contributed by atoms with Crippen molar-refractivity contribution in [2.45, 2.75) is 0 Å². The minimum absolute atomic E-state index is 1.09. The molecule has 0 heterocycles. The van der Waals surface area contributed by atoms with Gasteiger partial charge in [-0.1, -0.05) is 97.2 Å². The molecule has 0 spiro atoms. The van der Waals surface area contributed by atoms with E-state index in [1.807, 2.05) is 0 Å². The van der Waals surface area contributed by atoms with Crippen LogP contribution in [0.25, 0.3) is 0 Å². The molecule has 0 bridgehead atoms. The van der Waals surface area contributed by atoms with Crippen LogP contribution in [-0.2, 0) is 0 Å². The first-order valence-electron chi connectivity index (χ1n) is 8.48. The molecule has 0 unspecified atom stereocenters. The van der Waals surface area contributed by atoms with Crippen molar-refractivity contribution in [3.05, 3.63) is 143 Å². The zero-order valence-electron chi connectivity index (χ0n) is 13.9. The lowest BCUT2D eigenvalue weighted by molar-refractivity contribution is 1.02. The van der Waals surface area contributed by atoms with Crippen LogP contribution < -0.4 is 5.32 Å². The van der Waals surface area contributed by atoms with E-state index in [2.05, 4.69) is 115 Å². The zero-order valence-corrected chi connectivity index (χ0v) is 13.9. The fourth-order valence-corrected chi connectivity index (χ4v) is 3.07.